The van der Waals surface area contributed by atoms with E-state index in [1.54, 1.807) is 6.92 Å². The van der Waals surface area contributed by atoms with Crippen LogP contribution in [-0.4, -0.2) is 37.6 Å². The summed E-state index contributed by atoms with van der Waals surface area (Å²) in [5, 5.41) is 22.9. The molecule has 0 spiro atoms. The van der Waals surface area contributed by atoms with Crippen molar-refractivity contribution in [2.45, 2.75) is 44.6 Å². The Balaban J connectivity index is 1.22. The summed E-state index contributed by atoms with van der Waals surface area (Å²) in [5.41, 5.74) is 8.07. The van der Waals surface area contributed by atoms with E-state index in [4.69, 9.17) is 5.73 Å². The van der Waals surface area contributed by atoms with Crippen LogP contribution in [0.25, 0.3) is 11.0 Å². The van der Waals surface area contributed by atoms with Crippen molar-refractivity contribution in [3.05, 3.63) is 70.8 Å². The molecule has 0 aliphatic heterocycles. The van der Waals surface area contributed by atoms with Crippen LogP contribution in [0.2, 0.25) is 0 Å². The fourth-order valence-corrected chi connectivity index (χ4v) is 4.96. The molecule has 1 aliphatic carbocycles. The molecule has 1 aromatic carbocycles. The van der Waals surface area contributed by atoms with Gasteiger partial charge in [-0.3, -0.25) is 9.89 Å². The molecule has 5 rings (SSSR count). The minimum absolute atomic E-state index is 0.00414. The third-order valence-corrected chi connectivity index (χ3v) is 7.23. The number of benzene rings is 1. The molecule has 1 unspecified atom stereocenters. The zero-order valence-corrected chi connectivity index (χ0v) is 21.2. The van der Waals surface area contributed by atoms with Crippen molar-refractivity contribution >= 4 is 28.6 Å². The Morgan fingerprint density at radius 3 is 2.72 bits per heavy atom. The van der Waals surface area contributed by atoms with Crippen LogP contribution in [0.5, 0.6) is 0 Å². The van der Waals surface area contributed by atoms with E-state index in [0.717, 1.165) is 48.8 Å². The fraction of sp³-hybridized carbons (Fsp3) is 0.333. The Kier molecular flexibility index (Phi) is 7.31. The van der Waals surface area contributed by atoms with Gasteiger partial charge >= 0.3 is 0 Å². The fourth-order valence-electron chi connectivity index (χ4n) is 4.96. The van der Waals surface area contributed by atoms with Crippen molar-refractivity contribution in [1.29, 1.82) is 5.26 Å². The number of nitrogens with two attached hydrogens (primary N) is 1. The second-order valence-electron chi connectivity index (χ2n) is 9.81. The number of pyridine rings is 1. The van der Waals surface area contributed by atoms with Crippen LogP contribution in [0.1, 0.15) is 71.9 Å². The van der Waals surface area contributed by atoms with Crippen LogP contribution in [-0.2, 0) is 0 Å². The smallest absolute Gasteiger partial charge is 0.274 e. The lowest BCUT2D eigenvalue weighted by atomic mass is 9.79. The Bertz CT molecular complexity index is 1560. The summed E-state index contributed by atoms with van der Waals surface area (Å²) in [4.78, 5) is 25.9. The first-order valence-corrected chi connectivity index (χ1v) is 12.7. The molecule has 39 heavy (non-hydrogen) atoms. The average molecular weight is 532 g/mol. The van der Waals surface area contributed by atoms with Crippen LogP contribution < -0.4 is 16.4 Å². The summed E-state index contributed by atoms with van der Waals surface area (Å²) < 4.78 is 27.0. The third-order valence-electron chi connectivity index (χ3n) is 7.23. The highest BCUT2D eigenvalue weighted by molar-refractivity contribution is 5.97. The Hall–Kier alpha value is -4.66. The number of anilines is 2. The number of nitrogens with one attached hydrogen (secondary N) is 3. The maximum Gasteiger partial charge on any atom is 0.274 e. The van der Waals surface area contributed by atoms with Crippen molar-refractivity contribution in [2.24, 2.45) is 5.92 Å². The van der Waals surface area contributed by atoms with Gasteiger partial charge in [-0.2, -0.15) is 10.4 Å². The molecular formula is C27H27F2N9O. The van der Waals surface area contributed by atoms with E-state index < -0.39 is 23.6 Å². The second kappa shape index (κ2) is 11.0. The summed E-state index contributed by atoms with van der Waals surface area (Å²) in [5.74, 6) is -1.04. The molecule has 3 aromatic heterocycles. The number of nitrogens with zero attached hydrogens (tertiary/aromatic N) is 5. The number of carbonyl (C=O) groups excluding carboxylic acids is 1. The van der Waals surface area contributed by atoms with Crippen molar-refractivity contribution in [1.82, 2.24) is 30.5 Å². The highest BCUT2D eigenvalue weighted by Gasteiger charge is 2.25. The molecule has 12 heteroatoms. The molecule has 200 valence electrons. The summed E-state index contributed by atoms with van der Waals surface area (Å²) in [6.07, 6.45) is 7.07. The molecule has 3 heterocycles. The number of rotatable bonds is 7. The van der Waals surface area contributed by atoms with Gasteiger partial charge in [0.25, 0.3) is 5.91 Å². The lowest BCUT2D eigenvalue weighted by Crippen LogP contribution is -2.30. The molecule has 0 radical (unpaired) electrons. The van der Waals surface area contributed by atoms with Crippen LogP contribution in [0.4, 0.5) is 20.4 Å². The number of aromatic nitrogens is 5. The monoisotopic (exact) mass is 531 g/mol. The van der Waals surface area contributed by atoms with Gasteiger partial charge in [0.2, 0.25) is 0 Å². The number of hydrogen-bond acceptors (Lipinski definition) is 8. The molecule has 1 atom stereocenters. The first-order valence-electron chi connectivity index (χ1n) is 12.7. The first-order chi connectivity index (χ1) is 18.8. The zero-order valence-electron chi connectivity index (χ0n) is 21.2. The largest absolute Gasteiger partial charge is 0.384 e. The minimum Gasteiger partial charge on any atom is -0.384 e. The summed E-state index contributed by atoms with van der Waals surface area (Å²) >= 11 is 0. The molecular weight excluding hydrogens is 504 g/mol. The van der Waals surface area contributed by atoms with E-state index in [2.05, 4.69) is 41.8 Å². The number of fused-ring (bicyclic) bond motifs is 1. The minimum atomic E-state index is -1.00. The Morgan fingerprint density at radius 2 is 1.97 bits per heavy atom. The van der Waals surface area contributed by atoms with Gasteiger partial charge in [-0.1, -0.05) is 6.07 Å². The number of nitrogen functional groups attached to an aromatic ring is 1. The third kappa shape index (κ3) is 5.62. The van der Waals surface area contributed by atoms with Gasteiger partial charge in [0.05, 0.1) is 17.6 Å². The van der Waals surface area contributed by atoms with Gasteiger partial charge in [0.15, 0.2) is 34.5 Å². The van der Waals surface area contributed by atoms with Crippen molar-refractivity contribution in [2.75, 3.05) is 17.6 Å². The molecule has 10 nitrogen and oxygen atoms in total. The molecule has 1 aliphatic rings. The van der Waals surface area contributed by atoms with Crippen LogP contribution >= 0.6 is 0 Å². The molecule has 1 amide bonds. The van der Waals surface area contributed by atoms with E-state index >= 15 is 0 Å². The number of amides is 1. The Morgan fingerprint density at radius 1 is 1.18 bits per heavy atom. The zero-order chi connectivity index (χ0) is 27.5. The lowest BCUT2D eigenvalue weighted by Gasteiger charge is -2.29. The normalized spacial score (nSPS) is 17.9. The van der Waals surface area contributed by atoms with Crippen molar-refractivity contribution in [3.8, 4) is 6.07 Å². The van der Waals surface area contributed by atoms with Gasteiger partial charge in [0, 0.05) is 12.7 Å². The van der Waals surface area contributed by atoms with Gasteiger partial charge in [-0.15, -0.1) is 0 Å². The second-order valence-corrected chi connectivity index (χ2v) is 9.81. The van der Waals surface area contributed by atoms with E-state index in [-0.39, 0.29) is 17.2 Å². The molecule has 1 fully saturated rings. The summed E-state index contributed by atoms with van der Waals surface area (Å²) in [7, 11) is 0. The highest BCUT2D eigenvalue weighted by atomic mass is 19.2. The van der Waals surface area contributed by atoms with E-state index in [1.165, 1.54) is 12.3 Å². The van der Waals surface area contributed by atoms with Crippen LogP contribution in [0.15, 0.2) is 36.7 Å². The van der Waals surface area contributed by atoms with Crippen LogP contribution in [0, 0.1) is 28.9 Å². The number of aromatic amines is 1. The van der Waals surface area contributed by atoms with Crippen molar-refractivity contribution in [3.63, 3.8) is 0 Å². The Labute approximate surface area is 223 Å². The number of halogens is 2. The SMILES string of the molecule is CC(NC(=O)c1nc(C#N)cnc1NCC1CCC(c2cnc3n[nH]c(N)c3c2)CC1)c1ccc(F)c(F)c1. The number of H-pyrrole nitrogens is 1. The van der Waals surface area contributed by atoms with E-state index in [1.807, 2.05) is 12.3 Å². The molecule has 0 bridgehead atoms. The van der Waals surface area contributed by atoms with Crippen LogP contribution in [0.3, 0.4) is 0 Å². The lowest BCUT2D eigenvalue weighted by molar-refractivity contribution is 0.0935. The van der Waals surface area contributed by atoms with E-state index in [0.29, 0.717) is 35.4 Å². The maximum atomic E-state index is 13.7. The molecule has 4 aromatic rings. The predicted molar refractivity (Wildman–Crippen MR) is 140 cm³/mol. The molecule has 1 saturated carbocycles. The van der Waals surface area contributed by atoms with Gasteiger partial charge in [0.1, 0.15) is 11.9 Å². The predicted octanol–water partition coefficient (Wildman–Crippen LogP) is 4.36. The number of hydrogen-bond donors (Lipinski definition) is 4. The number of nitriles is 1. The topological polar surface area (TPSA) is 158 Å². The quantitative estimate of drug-likeness (QED) is 0.274. The standard InChI is InChI=1S/C27H27F2N9O/c1-14(17-6-7-21(28)22(29)9-17)35-27(39)23-26(34-13-19(10-30)36-23)32-11-15-2-4-16(5-3-15)18-8-20-24(31)37-38-25(20)33-12-18/h6-9,12-16H,2-5,11H2,1H3,(H,32,34)(H,35,39)(H3,31,33,37,38). The average Bonchev–Trinajstić information content (AvgIpc) is 3.33. The first kappa shape index (κ1) is 26.0. The summed E-state index contributed by atoms with van der Waals surface area (Å²) in [6.45, 7) is 2.23. The molecule has 0 saturated heterocycles. The van der Waals surface area contributed by atoms with Crippen molar-refractivity contribution < 1.29 is 13.6 Å². The van der Waals surface area contributed by atoms with Gasteiger partial charge < -0.3 is 16.4 Å². The maximum absolute atomic E-state index is 13.7. The number of carbonyl (C=O) groups is 1. The summed E-state index contributed by atoms with van der Waals surface area (Å²) in [6, 6.07) is 6.76. The highest BCUT2D eigenvalue weighted by Crippen LogP contribution is 2.36. The van der Waals surface area contributed by atoms with Gasteiger partial charge in [-0.25, -0.2) is 23.7 Å². The van der Waals surface area contributed by atoms with Gasteiger partial charge in [-0.05, 0) is 73.8 Å². The molecule has 5 N–H and O–H groups in total. The van der Waals surface area contributed by atoms with E-state index in [9.17, 15) is 18.8 Å².